The molecular weight excluding hydrogens is 300 g/mol. The summed E-state index contributed by atoms with van der Waals surface area (Å²) < 4.78 is 0. The third-order valence-electron chi connectivity index (χ3n) is 3.62. The molecule has 1 saturated carbocycles. The van der Waals surface area contributed by atoms with Gasteiger partial charge in [0.2, 0.25) is 5.91 Å². The molecule has 116 valence electrons. The maximum Gasteiger partial charge on any atom is 0.334 e. The molecule has 2 aliphatic rings. The van der Waals surface area contributed by atoms with Gasteiger partial charge in [-0.1, -0.05) is 12.1 Å². The minimum absolute atomic E-state index is 0.230. The zero-order valence-electron chi connectivity index (χ0n) is 12.0. The van der Waals surface area contributed by atoms with Crippen molar-refractivity contribution in [3.63, 3.8) is 0 Å². The van der Waals surface area contributed by atoms with Crippen molar-refractivity contribution < 1.29 is 19.2 Å². The molecule has 1 heterocycles. The average Bonchev–Trinajstić information content (AvgIpc) is 3.34. The molecule has 23 heavy (non-hydrogen) atoms. The first-order valence-corrected chi connectivity index (χ1v) is 7.01. The predicted octanol–water partition coefficient (Wildman–Crippen LogP) is 0.450. The molecular formula is C15H12N4O4. The van der Waals surface area contributed by atoms with Crippen molar-refractivity contribution in [1.29, 1.82) is 5.26 Å². The summed E-state index contributed by atoms with van der Waals surface area (Å²) in [5, 5.41) is 11.4. The van der Waals surface area contributed by atoms with Gasteiger partial charge in [-0.25, -0.2) is 9.69 Å². The van der Waals surface area contributed by atoms with Gasteiger partial charge in [0.1, 0.15) is 12.6 Å². The van der Waals surface area contributed by atoms with Crippen LogP contribution in [0, 0.1) is 11.3 Å². The molecule has 0 unspecified atom stereocenters. The predicted molar refractivity (Wildman–Crippen MR) is 76.8 cm³/mol. The van der Waals surface area contributed by atoms with Gasteiger partial charge in [0, 0.05) is 6.04 Å². The molecule has 1 aliphatic heterocycles. The minimum Gasteiger partial charge on any atom is -0.323 e. The van der Waals surface area contributed by atoms with E-state index in [0.29, 0.717) is 17.7 Å². The quantitative estimate of drug-likeness (QED) is 0.641. The van der Waals surface area contributed by atoms with Crippen LogP contribution in [0.2, 0.25) is 0 Å². The Morgan fingerprint density at radius 2 is 1.91 bits per heavy atom. The molecule has 1 aromatic carbocycles. The zero-order chi connectivity index (χ0) is 16.6. The number of urea groups is 1. The summed E-state index contributed by atoms with van der Waals surface area (Å²) in [6.45, 7) is -0.563. The Balaban J connectivity index is 1.70. The number of amides is 5. The molecule has 2 fully saturated rings. The number of rotatable bonds is 4. The van der Waals surface area contributed by atoms with E-state index in [-0.39, 0.29) is 17.3 Å². The van der Waals surface area contributed by atoms with Crippen LogP contribution in [0.3, 0.4) is 0 Å². The molecule has 3 rings (SSSR count). The van der Waals surface area contributed by atoms with Crippen molar-refractivity contribution in [1.82, 2.24) is 9.80 Å². The van der Waals surface area contributed by atoms with Crippen LogP contribution in [-0.2, 0) is 14.4 Å². The van der Waals surface area contributed by atoms with Crippen LogP contribution in [0.1, 0.15) is 18.4 Å². The molecule has 0 aromatic heterocycles. The molecule has 1 aromatic rings. The highest BCUT2D eigenvalue weighted by molar-refractivity contribution is 6.45. The van der Waals surface area contributed by atoms with E-state index in [1.54, 1.807) is 12.1 Å². The topological polar surface area (TPSA) is 111 Å². The highest BCUT2D eigenvalue weighted by Gasteiger charge is 2.51. The summed E-state index contributed by atoms with van der Waals surface area (Å²) in [6.07, 6.45) is 1.36. The first-order valence-electron chi connectivity index (χ1n) is 7.01. The van der Waals surface area contributed by atoms with Crippen LogP contribution < -0.4 is 5.32 Å². The number of hydrogen-bond acceptors (Lipinski definition) is 5. The molecule has 1 saturated heterocycles. The number of para-hydroxylation sites is 1. The van der Waals surface area contributed by atoms with Gasteiger partial charge in [0.25, 0.3) is 0 Å². The van der Waals surface area contributed by atoms with E-state index in [1.807, 2.05) is 6.07 Å². The standard InChI is InChI=1S/C15H12N4O4/c16-7-9-3-1-2-4-11(9)17-12(20)8-18-13(21)14(22)19(15(18)23)10-5-6-10/h1-4,10H,5-6,8H2,(H,17,20). The largest absolute Gasteiger partial charge is 0.334 e. The molecule has 0 atom stereocenters. The van der Waals surface area contributed by atoms with E-state index < -0.39 is 30.3 Å². The number of carbonyl (C=O) groups is 4. The van der Waals surface area contributed by atoms with Gasteiger partial charge >= 0.3 is 17.8 Å². The van der Waals surface area contributed by atoms with Crippen LogP contribution in [0.5, 0.6) is 0 Å². The number of anilines is 1. The van der Waals surface area contributed by atoms with Crippen molar-refractivity contribution in [3.8, 4) is 6.07 Å². The molecule has 0 spiro atoms. The van der Waals surface area contributed by atoms with Crippen LogP contribution in [0.4, 0.5) is 10.5 Å². The number of nitrogens with zero attached hydrogens (tertiary/aromatic N) is 3. The van der Waals surface area contributed by atoms with Gasteiger partial charge in [-0.2, -0.15) is 5.26 Å². The number of nitrogens with one attached hydrogen (secondary N) is 1. The van der Waals surface area contributed by atoms with Crippen LogP contribution in [0.15, 0.2) is 24.3 Å². The zero-order valence-corrected chi connectivity index (χ0v) is 12.0. The lowest BCUT2D eigenvalue weighted by Crippen LogP contribution is -2.39. The summed E-state index contributed by atoms with van der Waals surface area (Å²) in [4.78, 5) is 49.3. The van der Waals surface area contributed by atoms with Gasteiger partial charge in [-0.3, -0.25) is 19.3 Å². The number of imide groups is 2. The molecule has 8 nitrogen and oxygen atoms in total. The van der Waals surface area contributed by atoms with E-state index in [0.717, 1.165) is 4.90 Å². The van der Waals surface area contributed by atoms with Gasteiger partial charge in [-0.15, -0.1) is 0 Å². The van der Waals surface area contributed by atoms with Gasteiger partial charge in [0.15, 0.2) is 0 Å². The normalized spacial score (nSPS) is 17.4. The fraction of sp³-hybridized carbons (Fsp3) is 0.267. The summed E-state index contributed by atoms with van der Waals surface area (Å²) >= 11 is 0. The second kappa shape index (κ2) is 5.53. The Morgan fingerprint density at radius 1 is 1.22 bits per heavy atom. The Bertz CT molecular complexity index is 763. The van der Waals surface area contributed by atoms with Crippen molar-refractivity contribution in [3.05, 3.63) is 29.8 Å². The fourth-order valence-electron chi connectivity index (χ4n) is 2.34. The molecule has 1 aliphatic carbocycles. The number of benzene rings is 1. The minimum atomic E-state index is -0.995. The van der Waals surface area contributed by atoms with Gasteiger partial charge < -0.3 is 5.32 Å². The van der Waals surface area contributed by atoms with Crippen molar-refractivity contribution >= 4 is 29.4 Å². The second-order valence-corrected chi connectivity index (χ2v) is 5.29. The lowest BCUT2D eigenvalue weighted by molar-refractivity contribution is -0.143. The Morgan fingerprint density at radius 3 is 2.57 bits per heavy atom. The van der Waals surface area contributed by atoms with Crippen LogP contribution in [0.25, 0.3) is 0 Å². The van der Waals surface area contributed by atoms with Gasteiger partial charge in [-0.05, 0) is 25.0 Å². The summed E-state index contributed by atoms with van der Waals surface area (Å²) in [5.41, 5.74) is 0.542. The second-order valence-electron chi connectivity index (χ2n) is 5.29. The highest BCUT2D eigenvalue weighted by atomic mass is 16.2. The number of carbonyl (C=O) groups excluding carboxylic acids is 4. The third-order valence-corrected chi connectivity index (χ3v) is 3.62. The maximum atomic E-state index is 12.1. The molecule has 1 N–H and O–H groups in total. The SMILES string of the molecule is N#Cc1ccccc1NC(=O)CN1C(=O)C(=O)N(C2CC2)C1=O. The third kappa shape index (κ3) is 2.64. The summed E-state index contributed by atoms with van der Waals surface area (Å²) in [7, 11) is 0. The Kier molecular flexibility index (Phi) is 3.54. The molecule has 5 amide bonds. The van der Waals surface area contributed by atoms with E-state index >= 15 is 0 Å². The number of nitriles is 1. The smallest absolute Gasteiger partial charge is 0.323 e. The highest BCUT2D eigenvalue weighted by Crippen LogP contribution is 2.30. The molecule has 0 bridgehead atoms. The lowest BCUT2D eigenvalue weighted by atomic mass is 10.2. The van der Waals surface area contributed by atoms with Crippen LogP contribution in [-0.4, -0.2) is 46.1 Å². The first-order chi connectivity index (χ1) is 11.0. The lowest BCUT2D eigenvalue weighted by Gasteiger charge is -2.15. The van der Waals surface area contributed by atoms with Crippen molar-refractivity contribution in [2.45, 2.75) is 18.9 Å². The first kappa shape index (κ1) is 14.7. The Labute approximate surface area is 131 Å². The van der Waals surface area contributed by atoms with Crippen molar-refractivity contribution in [2.24, 2.45) is 0 Å². The van der Waals surface area contributed by atoms with E-state index in [2.05, 4.69) is 5.32 Å². The fourth-order valence-corrected chi connectivity index (χ4v) is 2.34. The number of hydrogen-bond donors (Lipinski definition) is 1. The summed E-state index contributed by atoms with van der Waals surface area (Å²) in [5.74, 6) is -2.53. The Hall–Kier alpha value is -3.21. The summed E-state index contributed by atoms with van der Waals surface area (Å²) in [6, 6.07) is 7.28. The van der Waals surface area contributed by atoms with Crippen molar-refractivity contribution in [2.75, 3.05) is 11.9 Å². The maximum absolute atomic E-state index is 12.1. The molecule has 8 heteroatoms. The van der Waals surface area contributed by atoms with Gasteiger partial charge in [0.05, 0.1) is 11.3 Å². The van der Waals surface area contributed by atoms with E-state index in [9.17, 15) is 19.2 Å². The molecule has 0 radical (unpaired) electrons. The average molecular weight is 312 g/mol. The monoisotopic (exact) mass is 312 g/mol. The van der Waals surface area contributed by atoms with Crippen LogP contribution >= 0.6 is 0 Å². The van der Waals surface area contributed by atoms with E-state index in [1.165, 1.54) is 12.1 Å². The van der Waals surface area contributed by atoms with E-state index in [4.69, 9.17) is 5.26 Å².